The first-order valence-electron chi connectivity index (χ1n) is 7.27. The van der Waals surface area contributed by atoms with Gasteiger partial charge in [-0.3, -0.25) is 0 Å². The van der Waals surface area contributed by atoms with Crippen molar-refractivity contribution in [1.29, 1.82) is 0 Å². The van der Waals surface area contributed by atoms with Gasteiger partial charge in [0.15, 0.2) is 5.75 Å². The number of aromatic nitrogens is 1. The fourth-order valence-electron chi connectivity index (χ4n) is 3.11. The van der Waals surface area contributed by atoms with E-state index in [0.717, 1.165) is 51.3 Å². The number of methoxy groups -OCH3 is 2. The van der Waals surface area contributed by atoms with E-state index in [-0.39, 0.29) is 0 Å². The van der Waals surface area contributed by atoms with Crippen LogP contribution >= 0.6 is 0 Å². The van der Waals surface area contributed by atoms with E-state index in [0.29, 0.717) is 6.61 Å². The van der Waals surface area contributed by atoms with Gasteiger partial charge in [0, 0.05) is 23.9 Å². The lowest BCUT2D eigenvalue weighted by Crippen LogP contribution is -2.28. The number of hydrogen-bond acceptors (Lipinski definition) is 4. The van der Waals surface area contributed by atoms with E-state index in [1.807, 2.05) is 12.1 Å². The Hall–Kier alpha value is -2.56. The molecule has 2 heterocycles. The average molecular weight is 298 g/mol. The maximum atomic E-state index is 5.92. The molecule has 1 aliphatic rings. The number of likely N-dealkylation sites (N-methyl/N-ethyl adjacent to an activating group) is 1. The Balaban J connectivity index is 2.09. The molecule has 0 spiro atoms. The van der Waals surface area contributed by atoms with Crippen LogP contribution in [0.25, 0.3) is 21.8 Å². The lowest BCUT2D eigenvalue weighted by Gasteiger charge is -2.27. The molecule has 114 valence electrons. The fraction of sp³-hybridized carbons (Fsp3) is 0.294. The number of nitrogens with one attached hydrogen (secondary N) is 1. The van der Waals surface area contributed by atoms with Crippen molar-refractivity contribution in [2.75, 3.05) is 39.3 Å². The lowest BCUT2D eigenvalue weighted by atomic mass is 10.1. The molecular formula is C17H18N2O3. The molecule has 0 bridgehead atoms. The molecule has 0 saturated carbocycles. The molecule has 22 heavy (non-hydrogen) atoms. The van der Waals surface area contributed by atoms with Crippen LogP contribution < -0.4 is 19.1 Å². The third kappa shape index (κ3) is 1.71. The molecule has 0 saturated heterocycles. The Labute approximate surface area is 128 Å². The van der Waals surface area contributed by atoms with Gasteiger partial charge in [-0.1, -0.05) is 0 Å². The molecule has 0 unspecified atom stereocenters. The molecule has 1 aromatic heterocycles. The molecule has 0 fully saturated rings. The molecule has 1 aliphatic heterocycles. The van der Waals surface area contributed by atoms with Gasteiger partial charge in [0.05, 0.1) is 37.5 Å². The number of anilines is 1. The van der Waals surface area contributed by atoms with Crippen molar-refractivity contribution < 1.29 is 14.2 Å². The van der Waals surface area contributed by atoms with E-state index in [9.17, 15) is 0 Å². The molecule has 0 aliphatic carbocycles. The fourth-order valence-corrected chi connectivity index (χ4v) is 3.11. The molecule has 0 radical (unpaired) electrons. The van der Waals surface area contributed by atoms with E-state index in [1.165, 1.54) is 0 Å². The first-order valence-corrected chi connectivity index (χ1v) is 7.27. The highest BCUT2D eigenvalue weighted by Gasteiger charge is 2.21. The highest BCUT2D eigenvalue weighted by Crippen LogP contribution is 2.43. The third-order valence-electron chi connectivity index (χ3n) is 4.29. The second-order valence-corrected chi connectivity index (χ2v) is 5.48. The highest BCUT2D eigenvalue weighted by molar-refractivity contribution is 6.13. The molecule has 0 atom stereocenters. The van der Waals surface area contributed by atoms with Crippen LogP contribution in [-0.4, -0.2) is 39.4 Å². The molecule has 1 N–H and O–H groups in total. The molecule has 0 amide bonds. The standard InChI is InChI=1S/C17H18N2O3/c1-19-6-7-22-17-13(19)5-4-11-12-8-10(20-2)9-14(21-3)15(12)18-16(11)17/h4-5,8-9,18H,6-7H2,1-3H3. The summed E-state index contributed by atoms with van der Waals surface area (Å²) in [5, 5.41) is 2.19. The Bertz CT molecular complexity index is 869. The van der Waals surface area contributed by atoms with Crippen LogP contribution in [0, 0.1) is 0 Å². The number of H-pyrrole nitrogens is 1. The first kappa shape index (κ1) is 13.1. The summed E-state index contributed by atoms with van der Waals surface area (Å²) in [7, 11) is 5.41. The molecule has 4 rings (SSSR count). The summed E-state index contributed by atoms with van der Waals surface area (Å²) in [4.78, 5) is 5.68. The number of aromatic amines is 1. The summed E-state index contributed by atoms with van der Waals surface area (Å²) in [6.45, 7) is 1.59. The maximum absolute atomic E-state index is 5.92. The van der Waals surface area contributed by atoms with E-state index in [4.69, 9.17) is 14.2 Å². The van der Waals surface area contributed by atoms with Gasteiger partial charge in [0.25, 0.3) is 0 Å². The summed E-state index contributed by atoms with van der Waals surface area (Å²) < 4.78 is 16.8. The molecule has 2 aromatic carbocycles. The van der Waals surface area contributed by atoms with E-state index in [2.05, 4.69) is 29.1 Å². The van der Waals surface area contributed by atoms with Crippen LogP contribution in [0.15, 0.2) is 24.3 Å². The normalized spacial score (nSPS) is 14.0. The summed E-state index contributed by atoms with van der Waals surface area (Å²) in [6, 6.07) is 8.14. The number of ether oxygens (including phenoxy) is 3. The van der Waals surface area contributed by atoms with E-state index < -0.39 is 0 Å². The van der Waals surface area contributed by atoms with Crippen LogP contribution in [0.4, 0.5) is 5.69 Å². The number of hydrogen-bond donors (Lipinski definition) is 1. The molecular weight excluding hydrogens is 280 g/mol. The molecule has 5 heteroatoms. The quantitative estimate of drug-likeness (QED) is 0.789. The monoisotopic (exact) mass is 298 g/mol. The van der Waals surface area contributed by atoms with Crippen molar-refractivity contribution in [3.05, 3.63) is 24.3 Å². The SMILES string of the molecule is COc1cc(OC)c2[nH]c3c4c(ccc3c2c1)N(C)CCO4. The summed E-state index contributed by atoms with van der Waals surface area (Å²) in [6.07, 6.45) is 0. The van der Waals surface area contributed by atoms with Crippen LogP contribution in [-0.2, 0) is 0 Å². The minimum atomic E-state index is 0.693. The summed E-state index contributed by atoms with van der Waals surface area (Å²) in [5.74, 6) is 2.45. The Kier molecular flexibility index (Phi) is 2.82. The summed E-state index contributed by atoms with van der Waals surface area (Å²) >= 11 is 0. The summed E-state index contributed by atoms with van der Waals surface area (Å²) in [5.41, 5.74) is 3.07. The maximum Gasteiger partial charge on any atom is 0.166 e. The van der Waals surface area contributed by atoms with Crippen molar-refractivity contribution in [2.45, 2.75) is 0 Å². The van der Waals surface area contributed by atoms with Crippen LogP contribution in [0.5, 0.6) is 17.2 Å². The number of nitrogens with zero attached hydrogens (tertiary/aromatic N) is 1. The zero-order chi connectivity index (χ0) is 15.3. The second kappa shape index (κ2) is 4.73. The Morgan fingerprint density at radius 1 is 1.09 bits per heavy atom. The topological polar surface area (TPSA) is 46.7 Å². The number of benzene rings is 2. The largest absolute Gasteiger partial charge is 0.497 e. The molecule has 5 nitrogen and oxygen atoms in total. The Morgan fingerprint density at radius 2 is 1.95 bits per heavy atom. The van der Waals surface area contributed by atoms with E-state index in [1.54, 1.807) is 14.2 Å². The van der Waals surface area contributed by atoms with Gasteiger partial charge < -0.3 is 24.1 Å². The lowest BCUT2D eigenvalue weighted by molar-refractivity contribution is 0.314. The van der Waals surface area contributed by atoms with Crippen LogP contribution in [0.2, 0.25) is 0 Å². The van der Waals surface area contributed by atoms with Crippen molar-refractivity contribution in [3.63, 3.8) is 0 Å². The van der Waals surface area contributed by atoms with Gasteiger partial charge in [-0.2, -0.15) is 0 Å². The van der Waals surface area contributed by atoms with Gasteiger partial charge in [-0.05, 0) is 18.2 Å². The predicted octanol–water partition coefficient (Wildman–Crippen LogP) is 3.17. The smallest absolute Gasteiger partial charge is 0.166 e. The van der Waals surface area contributed by atoms with Crippen LogP contribution in [0.3, 0.4) is 0 Å². The minimum Gasteiger partial charge on any atom is -0.497 e. The van der Waals surface area contributed by atoms with Gasteiger partial charge in [-0.15, -0.1) is 0 Å². The van der Waals surface area contributed by atoms with Gasteiger partial charge in [-0.25, -0.2) is 0 Å². The van der Waals surface area contributed by atoms with Gasteiger partial charge in [0.1, 0.15) is 18.1 Å². The minimum absolute atomic E-state index is 0.693. The predicted molar refractivity (Wildman–Crippen MR) is 87.7 cm³/mol. The van der Waals surface area contributed by atoms with Crippen LogP contribution in [0.1, 0.15) is 0 Å². The number of rotatable bonds is 2. The first-order chi connectivity index (χ1) is 10.7. The van der Waals surface area contributed by atoms with E-state index >= 15 is 0 Å². The zero-order valence-electron chi connectivity index (χ0n) is 12.9. The van der Waals surface area contributed by atoms with Crippen molar-refractivity contribution in [2.24, 2.45) is 0 Å². The zero-order valence-corrected chi connectivity index (χ0v) is 12.9. The number of fused-ring (bicyclic) bond motifs is 5. The molecule has 3 aromatic rings. The van der Waals surface area contributed by atoms with Gasteiger partial charge in [0.2, 0.25) is 0 Å². The van der Waals surface area contributed by atoms with Crippen molar-refractivity contribution >= 4 is 27.5 Å². The van der Waals surface area contributed by atoms with Gasteiger partial charge >= 0.3 is 0 Å². The second-order valence-electron chi connectivity index (χ2n) is 5.48. The third-order valence-corrected chi connectivity index (χ3v) is 4.29. The van der Waals surface area contributed by atoms with Crippen molar-refractivity contribution in [3.8, 4) is 17.2 Å². The highest BCUT2D eigenvalue weighted by atomic mass is 16.5. The van der Waals surface area contributed by atoms with Crippen molar-refractivity contribution in [1.82, 2.24) is 4.98 Å². The average Bonchev–Trinajstić information content (AvgIpc) is 2.93. The Morgan fingerprint density at radius 3 is 2.73 bits per heavy atom.